The maximum absolute atomic E-state index is 13.6. The van der Waals surface area contributed by atoms with Crippen LogP contribution in [0.3, 0.4) is 0 Å². The van der Waals surface area contributed by atoms with Crippen molar-refractivity contribution in [3.05, 3.63) is 48.2 Å². The van der Waals surface area contributed by atoms with E-state index in [0.717, 1.165) is 37.4 Å². The van der Waals surface area contributed by atoms with Crippen LogP contribution in [0, 0.1) is 11.2 Å². The molecule has 9 heteroatoms. The molecule has 184 valence electrons. The number of likely N-dealkylation sites (N-methyl/N-ethyl adjacent to an activating group) is 1. The summed E-state index contributed by atoms with van der Waals surface area (Å²) >= 11 is 0. The van der Waals surface area contributed by atoms with Gasteiger partial charge in [0.25, 0.3) is 0 Å². The Morgan fingerprint density at radius 3 is 2.38 bits per heavy atom. The minimum atomic E-state index is -0.593. The molecule has 3 aromatic rings. The van der Waals surface area contributed by atoms with Crippen LogP contribution in [-0.4, -0.2) is 71.3 Å². The topological polar surface area (TPSA) is 79.4 Å². The van der Waals surface area contributed by atoms with Gasteiger partial charge in [0.2, 0.25) is 12.2 Å². The van der Waals surface area contributed by atoms with Gasteiger partial charge in [-0.3, -0.25) is 0 Å². The Hall–Kier alpha value is -2.88. The zero-order valence-corrected chi connectivity index (χ0v) is 19.2. The third kappa shape index (κ3) is 5.11. The number of nitrogens with zero attached hydrogens (tertiary/aromatic N) is 5. The third-order valence-electron chi connectivity index (χ3n) is 6.00. The second kappa shape index (κ2) is 9.77. The summed E-state index contributed by atoms with van der Waals surface area (Å²) in [4.78, 5) is 22.0. The van der Waals surface area contributed by atoms with Gasteiger partial charge in [0.05, 0.1) is 30.3 Å². The standard InChI is InChI=1S/C24H29FN6O2.CH4.H2/c1-24(2)14-32-22(33-15-24)21-28-19(16-4-6-17(25)7-5-16)20(29-21)18-8-9-26-23(27-18)31-12-10-30(3)11-13-31;;/h4-9,22H,10-15H2,1-3H3,(H,28,29);1H4;1H. The number of imidazole rings is 1. The maximum Gasteiger partial charge on any atom is 0.225 e. The Kier molecular flexibility index (Phi) is 6.97. The Morgan fingerprint density at radius 1 is 1.03 bits per heavy atom. The highest BCUT2D eigenvalue weighted by Crippen LogP contribution is 2.35. The SMILES string of the molecule is C.CN1CCN(c2nccc(-c3[nH]c(C4OCC(C)(C)CO4)nc3-c3ccc(F)cc3)n2)CC1.[HH]. The number of H-pyrrole nitrogens is 1. The molecule has 4 heterocycles. The van der Waals surface area contributed by atoms with E-state index in [1.165, 1.54) is 12.1 Å². The predicted molar refractivity (Wildman–Crippen MR) is 132 cm³/mol. The summed E-state index contributed by atoms with van der Waals surface area (Å²) in [5, 5.41) is 0. The molecule has 8 nitrogen and oxygen atoms in total. The normalized spacial score (nSPS) is 19.1. The highest BCUT2D eigenvalue weighted by Gasteiger charge is 2.32. The zero-order valence-electron chi connectivity index (χ0n) is 19.2. The van der Waals surface area contributed by atoms with E-state index in [0.29, 0.717) is 36.4 Å². The molecule has 0 bridgehead atoms. The van der Waals surface area contributed by atoms with Crippen molar-refractivity contribution in [1.29, 1.82) is 0 Å². The summed E-state index contributed by atoms with van der Waals surface area (Å²) in [5.41, 5.74) is 2.85. The quantitative estimate of drug-likeness (QED) is 0.606. The van der Waals surface area contributed by atoms with Crippen molar-refractivity contribution in [2.24, 2.45) is 5.41 Å². The number of piperazine rings is 1. The van der Waals surface area contributed by atoms with E-state index in [1.807, 2.05) is 6.07 Å². The number of ether oxygens (including phenoxy) is 2. The van der Waals surface area contributed by atoms with Crippen LogP contribution in [0.5, 0.6) is 0 Å². The maximum atomic E-state index is 13.6. The van der Waals surface area contributed by atoms with Gasteiger partial charge < -0.3 is 24.3 Å². The molecule has 0 atom stereocenters. The molecule has 2 saturated heterocycles. The Balaban J connectivity index is 0.00000171. The molecule has 34 heavy (non-hydrogen) atoms. The molecule has 2 fully saturated rings. The summed E-state index contributed by atoms with van der Waals surface area (Å²) in [6, 6.07) is 8.15. The minimum absolute atomic E-state index is 0. The van der Waals surface area contributed by atoms with E-state index in [9.17, 15) is 4.39 Å². The highest BCUT2D eigenvalue weighted by atomic mass is 19.1. The minimum Gasteiger partial charge on any atom is -0.345 e. The monoisotopic (exact) mass is 470 g/mol. The zero-order chi connectivity index (χ0) is 23.0. The smallest absolute Gasteiger partial charge is 0.225 e. The molecule has 2 aromatic heterocycles. The lowest BCUT2D eigenvalue weighted by Gasteiger charge is -2.33. The number of halogens is 1. The number of aromatic amines is 1. The fraction of sp³-hybridized carbons (Fsp3) is 0.480. The lowest BCUT2D eigenvalue weighted by atomic mass is 9.96. The van der Waals surface area contributed by atoms with Crippen LogP contribution >= 0.6 is 0 Å². The molecule has 0 radical (unpaired) electrons. The van der Waals surface area contributed by atoms with Gasteiger partial charge >= 0.3 is 0 Å². The number of rotatable bonds is 4. The van der Waals surface area contributed by atoms with Gasteiger partial charge in [0, 0.05) is 44.8 Å². The van der Waals surface area contributed by atoms with Crippen molar-refractivity contribution >= 4 is 5.95 Å². The number of aromatic nitrogens is 4. The molecule has 1 aromatic carbocycles. The van der Waals surface area contributed by atoms with Crippen LogP contribution in [-0.2, 0) is 9.47 Å². The second-order valence-electron chi connectivity index (χ2n) is 9.50. The molecule has 5 rings (SSSR count). The van der Waals surface area contributed by atoms with Crippen LogP contribution in [0.25, 0.3) is 22.6 Å². The van der Waals surface area contributed by atoms with Gasteiger partial charge in [-0.2, -0.15) is 0 Å². The lowest BCUT2D eigenvalue weighted by Crippen LogP contribution is -2.45. The Bertz CT molecular complexity index is 1110. The molecular formula is C25H35FN6O2. The van der Waals surface area contributed by atoms with E-state index < -0.39 is 6.29 Å². The number of anilines is 1. The first kappa shape index (κ1) is 24.3. The van der Waals surface area contributed by atoms with Gasteiger partial charge in [0.15, 0.2) is 5.82 Å². The van der Waals surface area contributed by atoms with Crippen LogP contribution in [0.4, 0.5) is 10.3 Å². The summed E-state index contributed by atoms with van der Waals surface area (Å²) in [5.74, 6) is 0.963. The molecule has 0 spiro atoms. The summed E-state index contributed by atoms with van der Waals surface area (Å²) in [7, 11) is 2.12. The molecule has 2 aliphatic rings. The van der Waals surface area contributed by atoms with Gasteiger partial charge in [-0.05, 0) is 37.4 Å². The van der Waals surface area contributed by atoms with Crippen LogP contribution in [0.2, 0.25) is 0 Å². The van der Waals surface area contributed by atoms with Crippen molar-refractivity contribution < 1.29 is 15.3 Å². The first-order valence-electron chi connectivity index (χ1n) is 11.2. The van der Waals surface area contributed by atoms with Crippen molar-refractivity contribution in [1.82, 2.24) is 24.8 Å². The van der Waals surface area contributed by atoms with Gasteiger partial charge in [-0.1, -0.05) is 21.3 Å². The second-order valence-corrected chi connectivity index (χ2v) is 9.50. The van der Waals surface area contributed by atoms with Crippen molar-refractivity contribution in [2.45, 2.75) is 27.6 Å². The predicted octanol–water partition coefficient (Wildman–Crippen LogP) is 4.38. The van der Waals surface area contributed by atoms with E-state index >= 15 is 0 Å². The fourth-order valence-corrected chi connectivity index (χ4v) is 4.00. The molecule has 2 aliphatic heterocycles. The van der Waals surface area contributed by atoms with Gasteiger partial charge in [-0.25, -0.2) is 19.3 Å². The van der Waals surface area contributed by atoms with E-state index in [4.69, 9.17) is 19.4 Å². The van der Waals surface area contributed by atoms with E-state index in [2.05, 4.69) is 40.7 Å². The molecular weight excluding hydrogens is 435 g/mol. The first-order valence-corrected chi connectivity index (χ1v) is 11.2. The van der Waals surface area contributed by atoms with Crippen molar-refractivity contribution in [2.75, 3.05) is 51.3 Å². The highest BCUT2D eigenvalue weighted by molar-refractivity contribution is 5.77. The fourth-order valence-electron chi connectivity index (χ4n) is 4.00. The largest absolute Gasteiger partial charge is 0.345 e. The van der Waals surface area contributed by atoms with Crippen molar-refractivity contribution in [3.63, 3.8) is 0 Å². The average molecular weight is 471 g/mol. The number of hydrogen-bond acceptors (Lipinski definition) is 7. The van der Waals surface area contributed by atoms with E-state index in [-0.39, 0.29) is 20.1 Å². The molecule has 0 unspecified atom stereocenters. The molecule has 1 N–H and O–H groups in total. The first-order chi connectivity index (χ1) is 15.9. The van der Waals surface area contributed by atoms with Crippen LogP contribution < -0.4 is 4.90 Å². The van der Waals surface area contributed by atoms with Gasteiger partial charge in [-0.15, -0.1) is 0 Å². The van der Waals surface area contributed by atoms with Gasteiger partial charge in [0.1, 0.15) is 5.82 Å². The van der Waals surface area contributed by atoms with E-state index in [1.54, 1.807) is 18.3 Å². The average Bonchev–Trinajstić information content (AvgIpc) is 3.25. The molecule has 0 amide bonds. The Morgan fingerprint density at radius 2 is 1.71 bits per heavy atom. The molecule has 0 saturated carbocycles. The van der Waals surface area contributed by atoms with Crippen molar-refractivity contribution in [3.8, 4) is 22.6 Å². The molecule has 0 aliphatic carbocycles. The summed E-state index contributed by atoms with van der Waals surface area (Å²) in [6.07, 6.45) is 1.17. The third-order valence-corrected chi connectivity index (χ3v) is 6.00. The van der Waals surface area contributed by atoms with Crippen LogP contribution in [0.1, 0.15) is 34.8 Å². The number of nitrogens with one attached hydrogen (secondary N) is 1. The van der Waals surface area contributed by atoms with Crippen LogP contribution in [0.15, 0.2) is 36.5 Å². The Labute approximate surface area is 201 Å². The summed E-state index contributed by atoms with van der Waals surface area (Å²) < 4.78 is 25.5. The summed E-state index contributed by atoms with van der Waals surface area (Å²) in [6.45, 7) is 9.02. The number of benzene rings is 1. The lowest BCUT2D eigenvalue weighted by molar-refractivity contribution is -0.229. The number of hydrogen-bond donors (Lipinski definition) is 1.